The maximum Gasteiger partial charge on any atom is 0.407 e. The Hall–Kier alpha value is -8.43. The minimum atomic E-state index is -4.63. The van der Waals surface area contributed by atoms with Gasteiger partial charge in [0.2, 0.25) is 23.6 Å². The molecule has 95 heavy (non-hydrogen) atoms. The van der Waals surface area contributed by atoms with E-state index in [1.54, 1.807) is 13.8 Å². The van der Waals surface area contributed by atoms with E-state index in [-0.39, 0.29) is 91.6 Å². The number of nitrogen functional groups attached to an aromatic ring is 2. The molecular weight excluding hydrogens is 1340 g/mol. The average molecular weight is 1400 g/mol. The first kappa shape index (κ1) is 69.4. The number of alkyl halides is 1. The third kappa shape index (κ3) is 16.5. The highest BCUT2D eigenvalue weighted by Gasteiger charge is 2.56. The predicted octanol–water partition coefficient (Wildman–Crippen LogP) is 0.192. The van der Waals surface area contributed by atoms with E-state index in [0.717, 1.165) is 29.7 Å². The smallest absolute Gasteiger partial charge is 0.407 e. The number of amides is 9. The molecule has 0 spiro atoms. The topological polar surface area (TPSA) is 497 Å². The van der Waals surface area contributed by atoms with Gasteiger partial charge in [0.1, 0.15) is 79.4 Å². The van der Waals surface area contributed by atoms with Crippen LogP contribution in [0.1, 0.15) is 64.0 Å². The molecule has 510 valence electrons. The predicted molar refractivity (Wildman–Crippen MR) is 331 cm³/mol. The third-order valence-electron chi connectivity index (χ3n) is 15.6. The van der Waals surface area contributed by atoms with Crippen LogP contribution in [0.4, 0.5) is 31.3 Å². The van der Waals surface area contributed by atoms with Crippen molar-refractivity contribution in [2.45, 2.75) is 120 Å². The molecule has 37 nitrogen and oxygen atoms in total. The molecule has 0 saturated carbocycles. The number of likely N-dealkylation sites (tertiary alicyclic amines) is 1. The number of halogens is 1. The number of urea groups is 1. The largest absolute Gasteiger partial charge is 0.453 e. The van der Waals surface area contributed by atoms with Crippen LogP contribution in [-0.2, 0) is 93.6 Å². The normalized spacial score (nSPS) is 26.7. The number of anilines is 3. The molecule has 10 rings (SSSR count). The summed E-state index contributed by atoms with van der Waals surface area (Å²) in [5.41, 5.74) is 18.3. The van der Waals surface area contributed by atoms with Crippen molar-refractivity contribution in [3.63, 3.8) is 0 Å². The molecule has 5 aliphatic rings. The van der Waals surface area contributed by atoms with Gasteiger partial charge in [-0.25, -0.2) is 53.2 Å². The monoisotopic (exact) mass is 1400 g/mol. The average Bonchev–Trinajstić information content (AvgIpc) is 1.61. The number of fused-ring (bicyclic) bond motifs is 4. The van der Waals surface area contributed by atoms with Crippen LogP contribution in [0.5, 0.6) is 0 Å². The van der Waals surface area contributed by atoms with Crippen LogP contribution in [0, 0.1) is 5.92 Å². The molecule has 4 saturated heterocycles. The van der Waals surface area contributed by atoms with Gasteiger partial charge in [0.05, 0.1) is 25.9 Å². The summed E-state index contributed by atoms with van der Waals surface area (Å²) in [7, 11) is 0. The van der Waals surface area contributed by atoms with Crippen LogP contribution >= 0.6 is 25.8 Å². The Balaban J connectivity index is 0.756. The number of esters is 1. The zero-order chi connectivity index (χ0) is 68.0. The standard InChI is InChI=1S/C53H65FN18O19P2S2/c1-25(2)37(68-32(73)13-16-70-33(74)11-12-34(70)75)48(78)67-28(5-3-14-58-52(57)80)47(77)66-27-9-7-26(8-10-27)18-84-53(81)59-17-35(76)69-15-4-6-29(69)51(79)89-42-41-31(88-50(42)72-24-65-39-44(56)61-22-63-46(39)72)20-86-92(82,94)90-40-30(19-85-93(83,95)91-41)87-49(36(40)54)71-23-64-38-43(55)60-21-62-45(38)71/h7-12,21-25,28-31,36-37,40-42,49-50H,3-6,13-20H2,1-2H3,(H,59,81)(H,66,77)(H,67,78)(H,68,73)(H,82,94)(H,83,95)(H2,55,60,62)(H2,56,61,63)(H3,57,58,80)/t28-,29+,30+,31+,36+,37-,40+,41+,42+,49+,50+,92?,93?/m0/s1. The highest BCUT2D eigenvalue weighted by molar-refractivity contribution is 8.44. The van der Waals surface area contributed by atoms with Crippen molar-refractivity contribution in [1.82, 2.24) is 70.1 Å². The van der Waals surface area contributed by atoms with Crippen LogP contribution < -0.4 is 43.8 Å². The van der Waals surface area contributed by atoms with Crippen LogP contribution in [0.3, 0.4) is 0 Å². The number of nitrogens with one attached hydrogen (secondary N) is 5. The summed E-state index contributed by atoms with van der Waals surface area (Å²) in [6, 6.07) is 1.63. The summed E-state index contributed by atoms with van der Waals surface area (Å²) in [6.45, 7) is -8.43. The number of imide groups is 1. The van der Waals surface area contributed by atoms with Crippen molar-refractivity contribution in [3.05, 3.63) is 67.3 Å². The molecule has 4 fully saturated rings. The van der Waals surface area contributed by atoms with Gasteiger partial charge < -0.3 is 77.0 Å². The number of carbonyl (C=O) groups is 9. The number of imidazole rings is 2. The fourth-order valence-corrected chi connectivity index (χ4v) is 13.8. The molecule has 0 bridgehead atoms. The first-order chi connectivity index (χ1) is 45.2. The van der Waals surface area contributed by atoms with Crippen LogP contribution in [0.15, 0.2) is 61.7 Å². The maximum atomic E-state index is 16.6. The second-order valence-electron chi connectivity index (χ2n) is 22.4. The maximum absolute atomic E-state index is 16.6. The Bertz CT molecular complexity index is 3890. The molecule has 9 amide bonds. The number of rotatable bonds is 21. The number of primary amides is 1. The lowest BCUT2D eigenvalue weighted by molar-refractivity contribution is -0.165. The number of hydrogen-bond acceptors (Lipinski definition) is 27. The number of benzene rings is 1. The summed E-state index contributed by atoms with van der Waals surface area (Å²) < 4.78 is 80.4. The third-order valence-corrected chi connectivity index (χ3v) is 18.8. The van der Waals surface area contributed by atoms with E-state index in [0.29, 0.717) is 12.0 Å². The Kier molecular flexibility index (Phi) is 21.7. The minimum absolute atomic E-state index is 0.00443. The second kappa shape index (κ2) is 29.7. The quantitative estimate of drug-likeness (QED) is 0.0154. The number of nitrogens with zero attached hydrogens (tertiary/aromatic N) is 10. The highest BCUT2D eigenvalue weighted by Crippen LogP contribution is 2.59. The molecule has 12 N–H and O–H groups in total. The van der Waals surface area contributed by atoms with Crippen molar-refractivity contribution in [2.75, 3.05) is 56.2 Å². The Morgan fingerprint density at radius 3 is 2.13 bits per heavy atom. The van der Waals surface area contributed by atoms with Gasteiger partial charge >= 0.3 is 31.6 Å². The lowest BCUT2D eigenvalue weighted by atomic mass is 10.0. The highest BCUT2D eigenvalue weighted by atomic mass is 32.7. The summed E-state index contributed by atoms with van der Waals surface area (Å²) in [4.78, 5) is 155. The zero-order valence-corrected chi connectivity index (χ0v) is 53.8. The van der Waals surface area contributed by atoms with Gasteiger partial charge in [0.15, 0.2) is 47.7 Å². The van der Waals surface area contributed by atoms with Gasteiger partial charge in [-0.2, -0.15) is 0 Å². The fourth-order valence-electron chi connectivity index (χ4n) is 10.9. The van der Waals surface area contributed by atoms with Crippen molar-refractivity contribution in [2.24, 2.45) is 11.7 Å². The van der Waals surface area contributed by atoms with Crippen molar-refractivity contribution in [1.29, 1.82) is 0 Å². The number of carbonyl (C=O) groups excluding carboxylic acids is 9. The number of aromatic nitrogens is 8. The number of hydrogen-bond donors (Lipinski definition) is 10. The summed E-state index contributed by atoms with van der Waals surface area (Å²) in [5, 5.41) is 12.8. The van der Waals surface area contributed by atoms with Gasteiger partial charge in [-0.3, -0.25) is 56.4 Å². The van der Waals surface area contributed by atoms with E-state index < -0.39 is 160 Å². The Morgan fingerprint density at radius 2 is 1.47 bits per heavy atom. The molecule has 42 heteroatoms. The van der Waals surface area contributed by atoms with E-state index in [9.17, 15) is 52.6 Å². The first-order valence-electron chi connectivity index (χ1n) is 29.3. The van der Waals surface area contributed by atoms with Gasteiger partial charge in [-0.1, -0.05) is 38.2 Å². The van der Waals surface area contributed by atoms with E-state index in [4.69, 9.17) is 66.1 Å². The SMILES string of the molecule is CC(C)[C@H](NC(=O)CCN1C(=O)C=CC1=O)C(=O)N[C@@H](CCCNC(N)=O)C(=O)Nc1ccc(COC(=O)NCC(=O)N2CCC[C@@H]2C(=O)O[C@@H]2[C@@H]3OP(O)(=S)OC[C@H]4O[C@@H](n5cnc6c(N)ncnc65)[C@H](F)[C@@H]4OP(=O)(S)OC[C@H]3O[C@H]2n2cnc3c(N)ncnc32)cc1. The minimum Gasteiger partial charge on any atom is -0.453 e. The van der Waals surface area contributed by atoms with Gasteiger partial charge in [-0.05, 0) is 61.1 Å². The molecule has 5 aromatic rings. The first-order valence-corrected chi connectivity index (χ1v) is 34.6. The number of ether oxygens (including phenoxy) is 4. The number of nitrogens with two attached hydrogens (primary N) is 3. The van der Waals surface area contributed by atoms with Gasteiger partial charge in [0, 0.05) is 43.9 Å². The fraction of sp³-hybridized carbons (Fsp3) is 0.491. The number of thiol groups is 1. The van der Waals surface area contributed by atoms with Crippen LogP contribution in [0.2, 0.25) is 0 Å². The summed E-state index contributed by atoms with van der Waals surface area (Å²) in [6.07, 6.45) is -7.02. The van der Waals surface area contributed by atoms with E-state index in [1.165, 1.54) is 51.0 Å². The van der Waals surface area contributed by atoms with Crippen molar-refractivity contribution in [3.8, 4) is 0 Å². The van der Waals surface area contributed by atoms with Crippen molar-refractivity contribution < 1.29 is 94.0 Å². The number of alkyl carbamates (subject to hydrolysis) is 1. The summed E-state index contributed by atoms with van der Waals surface area (Å²) in [5.74, 6) is -5.39. The van der Waals surface area contributed by atoms with Crippen molar-refractivity contribution >= 4 is 131 Å². The molecule has 4 aromatic heterocycles. The van der Waals surface area contributed by atoms with E-state index in [1.807, 2.05) is 0 Å². The molecule has 0 aliphatic carbocycles. The molecule has 0 radical (unpaired) electrons. The van der Waals surface area contributed by atoms with Gasteiger partial charge in [-0.15, -0.1) is 0 Å². The van der Waals surface area contributed by atoms with E-state index >= 15 is 4.39 Å². The Labute approximate surface area is 547 Å². The second-order valence-corrected chi connectivity index (χ2v) is 28.0. The summed E-state index contributed by atoms with van der Waals surface area (Å²) >= 11 is 9.64. The van der Waals surface area contributed by atoms with Crippen LogP contribution in [-0.4, -0.2) is 201 Å². The molecule has 9 heterocycles. The molecule has 2 unspecified atom stereocenters. The molecular formula is C53H65FN18O19P2S2. The van der Waals surface area contributed by atoms with Crippen LogP contribution in [0.25, 0.3) is 22.3 Å². The van der Waals surface area contributed by atoms with Gasteiger partial charge in [0.25, 0.3) is 11.8 Å². The lowest BCUT2D eigenvalue weighted by Gasteiger charge is -2.31. The molecule has 1 aromatic carbocycles. The molecule has 13 atom stereocenters. The zero-order valence-electron chi connectivity index (χ0n) is 50.3. The van der Waals surface area contributed by atoms with E-state index in [2.05, 4.69) is 68.7 Å². The lowest BCUT2D eigenvalue weighted by Crippen LogP contribution is -2.54. The molecule has 5 aliphatic heterocycles. The Morgan fingerprint density at radius 1 is 0.842 bits per heavy atom.